The largest absolute Gasteiger partial charge is 0.354 e. The Morgan fingerprint density at radius 3 is 2.00 bits per heavy atom. The van der Waals surface area contributed by atoms with Crippen LogP contribution in [0.1, 0.15) is 0 Å². The van der Waals surface area contributed by atoms with E-state index in [0.29, 0.717) is 26.2 Å². The molecule has 0 saturated carbocycles. The fourth-order valence-corrected chi connectivity index (χ4v) is 5.58. The van der Waals surface area contributed by atoms with Crippen molar-refractivity contribution in [3.8, 4) is 0 Å². The molecule has 8 nitrogen and oxygen atoms in total. The third-order valence-corrected chi connectivity index (χ3v) is 7.88. The Kier molecular flexibility index (Phi) is 5.91. The molecule has 0 unspecified atom stereocenters. The molecule has 2 aliphatic heterocycles. The zero-order chi connectivity index (χ0) is 20.4. The van der Waals surface area contributed by atoms with E-state index in [4.69, 9.17) is 11.6 Å². The molecule has 156 valence electrons. The summed E-state index contributed by atoms with van der Waals surface area (Å²) >= 11 is 6.11. The molecule has 29 heavy (non-hydrogen) atoms. The number of hydrogen-bond donors (Lipinski definition) is 0. The maximum absolute atomic E-state index is 12.9. The average Bonchev–Trinajstić information content (AvgIpc) is 2.75. The van der Waals surface area contributed by atoms with Crippen LogP contribution >= 0.6 is 11.6 Å². The Hall–Kier alpha value is -1.94. The van der Waals surface area contributed by atoms with Gasteiger partial charge in [0.2, 0.25) is 10.0 Å². The van der Waals surface area contributed by atoms with E-state index in [1.807, 2.05) is 6.07 Å². The van der Waals surface area contributed by atoms with Crippen molar-refractivity contribution in [1.29, 1.82) is 0 Å². The molecule has 2 fully saturated rings. The fraction of sp³-hybridized carbons (Fsp3) is 0.474. The van der Waals surface area contributed by atoms with Gasteiger partial charge >= 0.3 is 0 Å². The summed E-state index contributed by atoms with van der Waals surface area (Å²) < 4.78 is 27.3. The molecular formula is C19H25ClN6O2S. The molecule has 4 rings (SSSR count). The van der Waals surface area contributed by atoms with Gasteiger partial charge in [0.05, 0.1) is 5.02 Å². The molecule has 0 bridgehead atoms. The highest BCUT2D eigenvalue weighted by molar-refractivity contribution is 7.89. The Labute approximate surface area is 176 Å². The Morgan fingerprint density at radius 1 is 0.862 bits per heavy atom. The van der Waals surface area contributed by atoms with Gasteiger partial charge in [0.25, 0.3) is 0 Å². The fourth-order valence-electron chi connectivity index (χ4n) is 3.67. The molecule has 2 saturated heterocycles. The minimum atomic E-state index is -3.60. The van der Waals surface area contributed by atoms with Crippen LogP contribution in [0.25, 0.3) is 0 Å². The van der Waals surface area contributed by atoms with E-state index in [0.717, 1.165) is 37.8 Å². The minimum Gasteiger partial charge on any atom is -0.354 e. The van der Waals surface area contributed by atoms with E-state index in [1.165, 1.54) is 4.31 Å². The number of nitrogens with zero attached hydrogens (tertiary/aromatic N) is 6. The van der Waals surface area contributed by atoms with Crippen LogP contribution < -0.4 is 9.80 Å². The zero-order valence-corrected chi connectivity index (χ0v) is 18.0. The summed E-state index contributed by atoms with van der Waals surface area (Å²) in [6.45, 7) is 5.83. The molecule has 2 aromatic rings. The van der Waals surface area contributed by atoms with Gasteiger partial charge in [0.1, 0.15) is 22.9 Å². The second-order valence-corrected chi connectivity index (χ2v) is 9.66. The van der Waals surface area contributed by atoms with E-state index < -0.39 is 10.0 Å². The van der Waals surface area contributed by atoms with Crippen molar-refractivity contribution in [2.75, 3.05) is 69.2 Å². The second kappa shape index (κ2) is 8.43. The van der Waals surface area contributed by atoms with Gasteiger partial charge in [0, 0.05) is 58.4 Å². The second-order valence-electron chi connectivity index (χ2n) is 7.35. The predicted molar refractivity (Wildman–Crippen MR) is 114 cm³/mol. The third kappa shape index (κ3) is 4.32. The van der Waals surface area contributed by atoms with Gasteiger partial charge in [-0.1, -0.05) is 23.7 Å². The molecule has 1 aromatic carbocycles. The normalized spacial score (nSPS) is 19.5. The lowest BCUT2D eigenvalue weighted by molar-refractivity contribution is 0.312. The maximum atomic E-state index is 12.9. The molecule has 0 N–H and O–H groups in total. The summed E-state index contributed by atoms with van der Waals surface area (Å²) in [5, 5.41) is 0.252. The number of sulfonamides is 1. The molecule has 0 radical (unpaired) electrons. The van der Waals surface area contributed by atoms with Crippen LogP contribution in [-0.4, -0.2) is 87.0 Å². The van der Waals surface area contributed by atoms with E-state index in [2.05, 4.69) is 31.7 Å². The molecule has 0 atom stereocenters. The smallest absolute Gasteiger partial charge is 0.244 e. The van der Waals surface area contributed by atoms with Crippen molar-refractivity contribution in [3.63, 3.8) is 0 Å². The number of likely N-dealkylation sites (N-methyl/N-ethyl adjacent to an activating group) is 1. The Bertz CT molecular complexity index is 957. The number of rotatable bonds is 4. The summed E-state index contributed by atoms with van der Waals surface area (Å²) in [4.78, 5) is 15.7. The summed E-state index contributed by atoms with van der Waals surface area (Å²) in [6.07, 6.45) is 1.59. The van der Waals surface area contributed by atoms with Crippen LogP contribution in [0.3, 0.4) is 0 Å². The maximum Gasteiger partial charge on any atom is 0.244 e. The zero-order valence-electron chi connectivity index (χ0n) is 16.4. The van der Waals surface area contributed by atoms with Crippen molar-refractivity contribution in [3.05, 3.63) is 41.7 Å². The summed E-state index contributed by atoms with van der Waals surface area (Å²) in [6, 6.07) is 8.58. The molecule has 0 amide bonds. The quantitative estimate of drug-likeness (QED) is 0.717. The lowest BCUT2D eigenvalue weighted by atomic mass is 10.3. The molecule has 0 aliphatic carbocycles. The van der Waals surface area contributed by atoms with Crippen LogP contribution in [0.4, 0.5) is 11.6 Å². The van der Waals surface area contributed by atoms with Gasteiger partial charge in [0.15, 0.2) is 0 Å². The topological polar surface area (TPSA) is 72.9 Å². The van der Waals surface area contributed by atoms with Crippen LogP contribution in [0.5, 0.6) is 0 Å². The first kappa shape index (κ1) is 20.3. The highest BCUT2D eigenvalue weighted by Gasteiger charge is 2.30. The van der Waals surface area contributed by atoms with E-state index in [9.17, 15) is 8.42 Å². The standard InChI is InChI=1S/C19H25ClN6O2S/c1-23-6-8-24(9-7-23)18-14-19(22-15-21-18)25-10-12-26(13-11-25)29(27,28)17-5-3-2-4-16(17)20/h2-5,14-15H,6-13H2,1H3. The van der Waals surface area contributed by atoms with Gasteiger partial charge in [-0.15, -0.1) is 0 Å². The molecule has 1 aromatic heterocycles. The lowest BCUT2D eigenvalue weighted by Crippen LogP contribution is -2.49. The average molecular weight is 437 g/mol. The number of aromatic nitrogens is 2. The number of anilines is 2. The number of benzene rings is 1. The van der Waals surface area contributed by atoms with Gasteiger partial charge < -0.3 is 14.7 Å². The van der Waals surface area contributed by atoms with Gasteiger partial charge in [-0.2, -0.15) is 4.31 Å². The van der Waals surface area contributed by atoms with Crippen molar-refractivity contribution >= 4 is 33.3 Å². The predicted octanol–water partition coefficient (Wildman–Crippen LogP) is 1.39. The minimum absolute atomic E-state index is 0.162. The number of piperazine rings is 2. The highest BCUT2D eigenvalue weighted by Crippen LogP contribution is 2.26. The highest BCUT2D eigenvalue weighted by atomic mass is 35.5. The number of halogens is 1. The lowest BCUT2D eigenvalue weighted by Gasteiger charge is -2.36. The molecule has 0 spiro atoms. The SMILES string of the molecule is CN1CCN(c2cc(N3CCN(S(=O)(=O)c4ccccc4Cl)CC3)ncn2)CC1. The van der Waals surface area contributed by atoms with E-state index in [-0.39, 0.29) is 9.92 Å². The van der Waals surface area contributed by atoms with Crippen LogP contribution in [0.2, 0.25) is 5.02 Å². The first-order chi connectivity index (χ1) is 13.9. The molecule has 10 heteroatoms. The first-order valence-corrected chi connectivity index (χ1v) is 11.5. The van der Waals surface area contributed by atoms with Crippen LogP contribution in [0.15, 0.2) is 41.6 Å². The summed E-state index contributed by atoms with van der Waals surface area (Å²) in [7, 11) is -1.48. The summed E-state index contributed by atoms with van der Waals surface area (Å²) in [5.74, 6) is 1.76. The molecule has 3 heterocycles. The van der Waals surface area contributed by atoms with Crippen molar-refractivity contribution < 1.29 is 8.42 Å². The third-order valence-electron chi connectivity index (χ3n) is 5.48. The number of hydrogen-bond acceptors (Lipinski definition) is 7. The van der Waals surface area contributed by atoms with Gasteiger partial charge in [-0.25, -0.2) is 18.4 Å². The first-order valence-electron chi connectivity index (χ1n) is 9.70. The molecule has 2 aliphatic rings. The van der Waals surface area contributed by atoms with E-state index >= 15 is 0 Å². The monoisotopic (exact) mass is 436 g/mol. The Morgan fingerprint density at radius 2 is 1.41 bits per heavy atom. The van der Waals surface area contributed by atoms with Crippen LogP contribution in [-0.2, 0) is 10.0 Å². The van der Waals surface area contributed by atoms with Crippen molar-refractivity contribution in [2.45, 2.75) is 4.90 Å². The van der Waals surface area contributed by atoms with Gasteiger partial charge in [-0.3, -0.25) is 0 Å². The van der Waals surface area contributed by atoms with Crippen molar-refractivity contribution in [1.82, 2.24) is 19.2 Å². The van der Waals surface area contributed by atoms with Gasteiger partial charge in [-0.05, 0) is 19.2 Å². The Balaban J connectivity index is 1.44. The van der Waals surface area contributed by atoms with Crippen molar-refractivity contribution in [2.24, 2.45) is 0 Å². The summed E-state index contributed by atoms with van der Waals surface area (Å²) in [5.41, 5.74) is 0. The van der Waals surface area contributed by atoms with E-state index in [1.54, 1.807) is 30.6 Å². The molecular weight excluding hydrogens is 412 g/mol. The van der Waals surface area contributed by atoms with Crippen LogP contribution in [0, 0.1) is 0 Å².